The Hall–Kier alpha value is -0.0100. The molecule has 0 saturated carbocycles. The van der Waals surface area contributed by atoms with Crippen LogP contribution in [0.15, 0.2) is 27.6 Å². The molecule has 0 aliphatic heterocycles. The molecular formula is C10H7Br2F3OS. The zero-order valence-electron chi connectivity index (χ0n) is 8.52. The van der Waals surface area contributed by atoms with E-state index in [-0.39, 0.29) is 28.0 Å². The van der Waals surface area contributed by atoms with E-state index in [0.29, 0.717) is 4.47 Å². The highest BCUT2D eigenvalue weighted by Crippen LogP contribution is 2.40. The smallest absolute Gasteiger partial charge is 0.293 e. The first-order chi connectivity index (χ1) is 7.70. The molecule has 1 rings (SSSR count). The summed E-state index contributed by atoms with van der Waals surface area (Å²) in [6.45, 7) is 1.58. The van der Waals surface area contributed by atoms with E-state index in [9.17, 15) is 18.0 Å². The van der Waals surface area contributed by atoms with Gasteiger partial charge in [0.1, 0.15) is 0 Å². The van der Waals surface area contributed by atoms with Crippen LogP contribution in [0.1, 0.15) is 17.3 Å². The van der Waals surface area contributed by atoms with Crippen LogP contribution in [0.2, 0.25) is 0 Å². The molecule has 1 aromatic carbocycles. The normalized spacial score (nSPS) is 13.5. The van der Waals surface area contributed by atoms with Crippen LogP contribution in [-0.2, 0) is 0 Å². The predicted octanol–water partition coefficient (Wildman–Crippen LogP) is 5.03. The average molecular weight is 392 g/mol. The zero-order chi connectivity index (χ0) is 13.2. The lowest BCUT2D eigenvalue weighted by atomic mass is 10.1. The molecule has 0 aromatic heterocycles. The second-order valence-corrected chi connectivity index (χ2v) is 6.56. The molecule has 1 nitrogen and oxygen atoms in total. The zero-order valence-corrected chi connectivity index (χ0v) is 12.5. The summed E-state index contributed by atoms with van der Waals surface area (Å²) in [5, 5.41) is 0. The second kappa shape index (κ2) is 5.75. The van der Waals surface area contributed by atoms with Crippen LogP contribution in [-0.4, -0.2) is 16.1 Å². The van der Waals surface area contributed by atoms with E-state index in [1.54, 1.807) is 13.0 Å². The first kappa shape index (κ1) is 15.0. The number of thioether (sulfide) groups is 1. The maximum absolute atomic E-state index is 12.3. The number of hydrogen-bond acceptors (Lipinski definition) is 2. The molecule has 0 spiro atoms. The Morgan fingerprint density at radius 2 is 2.00 bits per heavy atom. The molecular weight excluding hydrogens is 385 g/mol. The molecule has 0 aliphatic rings. The first-order valence-electron chi connectivity index (χ1n) is 4.44. The fraction of sp³-hybridized carbons (Fsp3) is 0.300. The number of carbonyl (C=O) groups excluding carboxylic acids is 1. The maximum atomic E-state index is 12.3. The highest BCUT2D eigenvalue weighted by molar-refractivity contribution is 9.10. The van der Waals surface area contributed by atoms with E-state index in [1.165, 1.54) is 12.1 Å². The van der Waals surface area contributed by atoms with Gasteiger partial charge in [0.25, 0.3) is 0 Å². The molecule has 0 amide bonds. The Morgan fingerprint density at radius 3 is 2.47 bits per heavy atom. The quantitative estimate of drug-likeness (QED) is 0.408. The van der Waals surface area contributed by atoms with Gasteiger partial charge in [-0.15, -0.1) is 0 Å². The van der Waals surface area contributed by atoms with Crippen molar-refractivity contribution in [3.05, 3.63) is 28.2 Å². The van der Waals surface area contributed by atoms with E-state index in [2.05, 4.69) is 31.9 Å². The number of rotatable bonds is 3. The summed E-state index contributed by atoms with van der Waals surface area (Å²) in [7, 11) is 0. The standard InChI is InChI=1S/C10H7Br2F3OS/c1-5(11)9(16)7-3-2-6(12)4-8(7)17-10(13,14)15/h2-5H,1H3. The van der Waals surface area contributed by atoms with E-state index in [1.807, 2.05) is 0 Å². The van der Waals surface area contributed by atoms with Crippen molar-refractivity contribution in [1.82, 2.24) is 0 Å². The number of carbonyl (C=O) groups is 1. The highest BCUT2D eigenvalue weighted by Gasteiger charge is 2.31. The molecule has 1 unspecified atom stereocenters. The van der Waals surface area contributed by atoms with Crippen molar-refractivity contribution in [1.29, 1.82) is 0 Å². The van der Waals surface area contributed by atoms with Gasteiger partial charge in [0.15, 0.2) is 5.78 Å². The van der Waals surface area contributed by atoms with Crippen LogP contribution in [0.5, 0.6) is 0 Å². The molecule has 94 valence electrons. The summed E-state index contributed by atoms with van der Waals surface area (Å²) in [5.74, 6) is -0.371. The lowest BCUT2D eigenvalue weighted by Crippen LogP contribution is -2.12. The number of benzene rings is 1. The van der Waals surface area contributed by atoms with Gasteiger partial charge in [-0.25, -0.2) is 0 Å². The SMILES string of the molecule is CC(Br)C(=O)c1ccc(Br)cc1SC(F)(F)F. The molecule has 7 heteroatoms. The molecule has 0 saturated heterocycles. The van der Waals surface area contributed by atoms with Crippen LogP contribution >= 0.6 is 43.6 Å². The fourth-order valence-electron chi connectivity index (χ4n) is 1.12. The third-order valence-electron chi connectivity index (χ3n) is 1.80. The minimum absolute atomic E-state index is 0.0694. The van der Waals surface area contributed by atoms with Gasteiger partial charge in [0, 0.05) is 14.9 Å². The fourth-order valence-corrected chi connectivity index (χ4v) is 2.60. The van der Waals surface area contributed by atoms with Crippen LogP contribution in [0, 0.1) is 0 Å². The van der Waals surface area contributed by atoms with E-state index in [4.69, 9.17) is 0 Å². The Bertz CT molecular complexity index is 432. The average Bonchev–Trinajstić information content (AvgIpc) is 2.14. The van der Waals surface area contributed by atoms with E-state index < -0.39 is 10.3 Å². The van der Waals surface area contributed by atoms with Crippen LogP contribution in [0.4, 0.5) is 13.2 Å². The van der Waals surface area contributed by atoms with Gasteiger partial charge in [-0.2, -0.15) is 13.2 Å². The lowest BCUT2D eigenvalue weighted by Gasteiger charge is -2.11. The van der Waals surface area contributed by atoms with E-state index in [0.717, 1.165) is 0 Å². The molecule has 1 atom stereocenters. The largest absolute Gasteiger partial charge is 0.446 e. The summed E-state index contributed by atoms with van der Waals surface area (Å²) in [6, 6.07) is 4.22. The van der Waals surface area contributed by atoms with Gasteiger partial charge in [-0.3, -0.25) is 4.79 Å². The number of alkyl halides is 4. The third kappa shape index (κ3) is 4.63. The van der Waals surface area contributed by atoms with Gasteiger partial charge in [-0.05, 0) is 36.9 Å². The third-order valence-corrected chi connectivity index (χ3v) is 3.49. The van der Waals surface area contributed by atoms with Crippen molar-refractivity contribution >= 4 is 49.4 Å². The van der Waals surface area contributed by atoms with Gasteiger partial charge in [0.05, 0.1) is 4.83 Å². The topological polar surface area (TPSA) is 17.1 Å². The van der Waals surface area contributed by atoms with Crippen LogP contribution < -0.4 is 0 Å². The summed E-state index contributed by atoms with van der Waals surface area (Å²) in [6.07, 6.45) is 0. The van der Waals surface area contributed by atoms with Crippen molar-refractivity contribution in [2.45, 2.75) is 22.2 Å². The lowest BCUT2D eigenvalue weighted by molar-refractivity contribution is -0.0328. The Morgan fingerprint density at radius 1 is 1.41 bits per heavy atom. The minimum atomic E-state index is -4.41. The molecule has 0 heterocycles. The second-order valence-electron chi connectivity index (χ2n) is 3.17. The molecule has 0 fully saturated rings. The molecule has 1 aromatic rings. The number of ketones is 1. The Kier molecular flexibility index (Phi) is 5.09. The van der Waals surface area contributed by atoms with Gasteiger partial charge in [-0.1, -0.05) is 31.9 Å². The predicted molar refractivity (Wildman–Crippen MR) is 68.8 cm³/mol. The van der Waals surface area contributed by atoms with Crippen molar-refractivity contribution < 1.29 is 18.0 Å². The molecule has 0 aliphatic carbocycles. The number of Topliss-reactive ketones (excluding diaryl/α,β-unsaturated/α-hetero) is 1. The van der Waals surface area contributed by atoms with Gasteiger partial charge in [0.2, 0.25) is 0 Å². The van der Waals surface area contributed by atoms with Crippen molar-refractivity contribution in [3.63, 3.8) is 0 Å². The van der Waals surface area contributed by atoms with Crippen molar-refractivity contribution in [2.24, 2.45) is 0 Å². The maximum Gasteiger partial charge on any atom is 0.446 e. The van der Waals surface area contributed by atoms with Gasteiger partial charge < -0.3 is 0 Å². The van der Waals surface area contributed by atoms with Crippen molar-refractivity contribution in [2.75, 3.05) is 0 Å². The summed E-state index contributed by atoms with van der Waals surface area (Å²) in [5.41, 5.74) is -4.34. The monoisotopic (exact) mass is 390 g/mol. The van der Waals surface area contributed by atoms with E-state index >= 15 is 0 Å². The molecule has 17 heavy (non-hydrogen) atoms. The summed E-state index contributed by atoms with van der Waals surface area (Å²) < 4.78 is 37.5. The molecule has 0 bridgehead atoms. The number of halogens is 5. The van der Waals surface area contributed by atoms with Crippen molar-refractivity contribution in [3.8, 4) is 0 Å². The van der Waals surface area contributed by atoms with Crippen LogP contribution in [0.3, 0.4) is 0 Å². The van der Waals surface area contributed by atoms with Crippen LogP contribution in [0.25, 0.3) is 0 Å². The molecule has 0 N–H and O–H groups in total. The summed E-state index contributed by atoms with van der Waals surface area (Å²) in [4.78, 5) is 11.1. The Balaban J connectivity index is 3.17. The molecule has 0 radical (unpaired) electrons. The number of hydrogen-bond donors (Lipinski definition) is 0. The Labute approximate surface area is 117 Å². The highest BCUT2D eigenvalue weighted by atomic mass is 79.9. The van der Waals surface area contributed by atoms with Gasteiger partial charge >= 0.3 is 5.51 Å². The summed E-state index contributed by atoms with van der Waals surface area (Å²) >= 11 is 5.86. The first-order valence-corrected chi connectivity index (χ1v) is 6.97. The minimum Gasteiger partial charge on any atom is -0.293 e.